The Bertz CT molecular complexity index is 776. The van der Waals surface area contributed by atoms with Gasteiger partial charge >= 0.3 is 0 Å². The fourth-order valence-corrected chi connectivity index (χ4v) is 3.29. The van der Waals surface area contributed by atoms with E-state index >= 15 is 0 Å². The van der Waals surface area contributed by atoms with E-state index in [2.05, 4.69) is 23.4 Å². The monoisotopic (exact) mass is 313 g/mol. The van der Waals surface area contributed by atoms with Crippen molar-refractivity contribution in [2.75, 3.05) is 0 Å². The highest BCUT2D eigenvalue weighted by Gasteiger charge is 2.11. The molecule has 0 saturated carbocycles. The summed E-state index contributed by atoms with van der Waals surface area (Å²) in [5.74, 6) is 0.0530. The summed E-state index contributed by atoms with van der Waals surface area (Å²) in [6.07, 6.45) is 2.30. The van der Waals surface area contributed by atoms with E-state index in [1.165, 1.54) is 10.4 Å². The van der Waals surface area contributed by atoms with Gasteiger partial charge in [-0.05, 0) is 36.9 Å². The normalized spacial score (nSPS) is 12.5. The number of fused-ring (bicyclic) bond motifs is 1. The van der Waals surface area contributed by atoms with E-state index in [0.29, 0.717) is 13.0 Å². The number of benzene rings is 1. The van der Waals surface area contributed by atoms with Crippen LogP contribution in [0.15, 0.2) is 41.9 Å². The number of aromatic nitrogens is 2. The van der Waals surface area contributed by atoms with Crippen molar-refractivity contribution in [3.8, 4) is 0 Å². The summed E-state index contributed by atoms with van der Waals surface area (Å²) in [7, 11) is 0. The highest BCUT2D eigenvalue weighted by Crippen LogP contribution is 2.19. The number of nitrogens with one attached hydrogen (secondary N) is 1. The van der Waals surface area contributed by atoms with Crippen molar-refractivity contribution in [2.45, 2.75) is 32.9 Å². The van der Waals surface area contributed by atoms with Crippen molar-refractivity contribution in [2.24, 2.45) is 0 Å². The third kappa shape index (κ3) is 3.04. The second-order valence-electron chi connectivity index (χ2n) is 5.43. The maximum Gasteiger partial charge on any atom is 0.222 e. The number of nitrogens with zero attached hydrogens (tertiary/aromatic N) is 2. The van der Waals surface area contributed by atoms with Gasteiger partial charge in [0.2, 0.25) is 5.91 Å². The van der Waals surface area contributed by atoms with Crippen molar-refractivity contribution in [1.82, 2.24) is 15.1 Å². The Morgan fingerprint density at radius 1 is 1.36 bits per heavy atom. The van der Waals surface area contributed by atoms with Gasteiger partial charge < -0.3 is 5.32 Å². The number of thiophene rings is 1. The lowest BCUT2D eigenvalue weighted by atomic mass is 10.1. The zero-order valence-corrected chi connectivity index (χ0v) is 13.6. The number of aryl methyl sites for hydroxylation is 2. The molecule has 0 saturated heterocycles. The summed E-state index contributed by atoms with van der Waals surface area (Å²) in [6, 6.07) is 10.2. The fraction of sp³-hybridized carbons (Fsp3) is 0.294. The molecule has 5 heteroatoms. The zero-order chi connectivity index (χ0) is 15.5. The molecule has 0 aliphatic carbocycles. The van der Waals surface area contributed by atoms with Gasteiger partial charge in [-0.25, -0.2) is 0 Å². The molecule has 0 spiro atoms. The van der Waals surface area contributed by atoms with E-state index in [1.807, 2.05) is 47.4 Å². The van der Waals surface area contributed by atoms with Gasteiger partial charge in [0, 0.05) is 16.7 Å². The number of hydrogen-bond donors (Lipinski definition) is 1. The maximum absolute atomic E-state index is 12.1. The van der Waals surface area contributed by atoms with Crippen LogP contribution in [0.2, 0.25) is 0 Å². The molecule has 114 valence electrons. The molecular formula is C17H19N3OS. The average Bonchev–Trinajstić information content (AvgIpc) is 3.15. The summed E-state index contributed by atoms with van der Waals surface area (Å²) in [5.41, 5.74) is 2.29. The Labute approximate surface area is 133 Å². The summed E-state index contributed by atoms with van der Waals surface area (Å²) < 4.78 is 1.90. The number of carbonyl (C=O) groups is 1. The summed E-state index contributed by atoms with van der Waals surface area (Å²) in [5, 5.41) is 10.6. The van der Waals surface area contributed by atoms with Gasteiger partial charge in [-0.3, -0.25) is 9.48 Å². The topological polar surface area (TPSA) is 46.9 Å². The Balaban J connectivity index is 1.62. The van der Waals surface area contributed by atoms with Crippen LogP contribution in [0.4, 0.5) is 0 Å². The first-order chi connectivity index (χ1) is 10.6. The maximum atomic E-state index is 12.1. The quantitative estimate of drug-likeness (QED) is 0.781. The average molecular weight is 313 g/mol. The number of hydrogen-bond acceptors (Lipinski definition) is 3. The second-order valence-corrected chi connectivity index (χ2v) is 6.41. The Morgan fingerprint density at radius 3 is 3.00 bits per heavy atom. The van der Waals surface area contributed by atoms with Crippen LogP contribution in [0, 0.1) is 6.92 Å². The molecule has 0 bridgehead atoms. The first-order valence-corrected chi connectivity index (χ1v) is 8.27. The highest BCUT2D eigenvalue weighted by atomic mass is 32.1. The molecule has 4 nitrogen and oxygen atoms in total. The molecule has 0 radical (unpaired) electrons. The third-order valence-electron chi connectivity index (χ3n) is 3.80. The minimum Gasteiger partial charge on any atom is -0.349 e. The van der Waals surface area contributed by atoms with Gasteiger partial charge in [-0.15, -0.1) is 11.3 Å². The third-order valence-corrected chi connectivity index (χ3v) is 4.86. The van der Waals surface area contributed by atoms with Gasteiger partial charge in [0.05, 0.1) is 24.3 Å². The summed E-state index contributed by atoms with van der Waals surface area (Å²) >= 11 is 1.66. The molecule has 1 atom stereocenters. The van der Waals surface area contributed by atoms with Gasteiger partial charge in [-0.2, -0.15) is 5.10 Å². The Kier molecular flexibility index (Phi) is 4.24. The molecule has 1 unspecified atom stereocenters. The lowest BCUT2D eigenvalue weighted by molar-refractivity contribution is -0.121. The molecule has 3 aromatic rings. The first kappa shape index (κ1) is 14.8. The van der Waals surface area contributed by atoms with E-state index in [0.717, 1.165) is 10.9 Å². The van der Waals surface area contributed by atoms with Crippen molar-refractivity contribution >= 4 is 28.1 Å². The molecule has 1 amide bonds. The number of amides is 1. The standard InChI is InChI=1S/C17H19N3OS/c1-12-5-3-6-15-14(12)11-18-20(15)9-8-17(21)19-13(2)16-7-4-10-22-16/h3-7,10-11,13H,8-9H2,1-2H3,(H,19,21). The molecular weight excluding hydrogens is 294 g/mol. The summed E-state index contributed by atoms with van der Waals surface area (Å²) in [6.45, 7) is 4.68. The number of rotatable bonds is 5. The predicted molar refractivity (Wildman–Crippen MR) is 90.0 cm³/mol. The van der Waals surface area contributed by atoms with Crippen LogP contribution in [0.3, 0.4) is 0 Å². The minimum atomic E-state index is 0.0530. The Morgan fingerprint density at radius 2 is 2.23 bits per heavy atom. The van der Waals surface area contributed by atoms with Crippen molar-refractivity contribution in [3.63, 3.8) is 0 Å². The SMILES string of the molecule is Cc1cccc2c1cnn2CCC(=O)NC(C)c1cccs1. The molecule has 1 N–H and O–H groups in total. The molecule has 2 heterocycles. The summed E-state index contributed by atoms with van der Waals surface area (Å²) in [4.78, 5) is 13.3. The van der Waals surface area contributed by atoms with Crippen molar-refractivity contribution < 1.29 is 4.79 Å². The van der Waals surface area contributed by atoms with Crippen LogP contribution in [0.1, 0.15) is 29.8 Å². The van der Waals surface area contributed by atoms with Crippen LogP contribution in [-0.2, 0) is 11.3 Å². The highest BCUT2D eigenvalue weighted by molar-refractivity contribution is 7.10. The van der Waals surface area contributed by atoms with E-state index in [4.69, 9.17) is 0 Å². The fourth-order valence-electron chi connectivity index (χ4n) is 2.56. The molecule has 0 fully saturated rings. The van der Waals surface area contributed by atoms with Crippen molar-refractivity contribution in [1.29, 1.82) is 0 Å². The van der Waals surface area contributed by atoms with Gasteiger partial charge in [0.25, 0.3) is 0 Å². The van der Waals surface area contributed by atoms with E-state index in [9.17, 15) is 4.79 Å². The van der Waals surface area contributed by atoms with Crippen LogP contribution in [0.5, 0.6) is 0 Å². The van der Waals surface area contributed by atoms with Crippen molar-refractivity contribution in [3.05, 3.63) is 52.3 Å². The largest absolute Gasteiger partial charge is 0.349 e. The van der Waals surface area contributed by atoms with E-state index < -0.39 is 0 Å². The smallest absolute Gasteiger partial charge is 0.222 e. The lowest BCUT2D eigenvalue weighted by Gasteiger charge is -2.12. The first-order valence-electron chi connectivity index (χ1n) is 7.39. The molecule has 1 aromatic carbocycles. The zero-order valence-electron chi connectivity index (χ0n) is 12.7. The molecule has 0 aliphatic heterocycles. The molecule has 22 heavy (non-hydrogen) atoms. The van der Waals surface area contributed by atoms with Crippen LogP contribution >= 0.6 is 11.3 Å². The van der Waals surface area contributed by atoms with Gasteiger partial charge in [0.1, 0.15) is 0 Å². The van der Waals surface area contributed by atoms with Gasteiger partial charge in [0.15, 0.2) is 0 Å². The minimum absolute atomic E-state index is 0.0530. The second kappa shape index (κ2) is 6.32. The van der Waals surface area contributed by atoms with E-state index in [1.54, 1.807) is 11.3 Å². The van der Waals surface area contributed by atoms with Crippen LogP contribution in [-0.4, -0.2) is 15.7 Å². The number of carbonyl (C=O) groups excluding carboxylic acids is 1. The molecule has 0 aliphatic rings. The van der Waals surface area contributed by atoms with E-state index in [-0.39, 0.29) is 11.9 Å². The molecule has 2 aromatic heterocycles. The van der Waals surface area contributed by atoms with Crippen LogP contribution in [0.25, 0.3) is 10.9 Å². The predicted octanol–water partition coefficient (Wildman–Crippen LogP) is 3.67. The Hall–Kier alpha value is -2.14. The molecule has 3 rings (SSSR count). The van der Waals surface area contributed by atoms with Gasteiger partial charge in [-0.1, -0.05) is 18.2 Å². The van der Waals surface area contributed by atoms with Crippen LogP contribution < -0.4 is 5.32 Å². The lowest BCUT2D eigenvalue weighted by Crippen LogP contribution is -2.27.